The molecule has 0 unspecified atom stereocenters. The number of nitriles is 1. The minimum atomic E-state index is -0.798. The number of benzene rings is 2. The van der Waals surface area contributed by atoms with Crippen LogP contribution in [0.1, 0.15) is 5.56 Å². The average molecular weight is 441 g/mol. The summed E-state index contributed by atoms with van der Waals surface area (Å²) in [5.74, 6) is -0.546. The third kappa shape index (κ3) is 6.74. The van der Waals surface area contributed by atoms with Gasteiger partial charge >= 0.3 is 5.97 Å². The molecule has 0 heterocycles. The number of nitrogens with zero attached hydrogens (tertiary/aromatic N) is 2. The molecule has 0 saturated carbocycles. The van der Waals surface area contributed by atoms with Crippen LogP contribution in [0.3, 0.4) is 0 Å². The number of nitro groups is 1. The number of carbonyl (C=O) groups is 2. The fourth-order valence-corrected chi connectivity index (χ4v) is 2.45. The van der Waals surface area contributed by atoms with Crippen LogP contribution in [-0.4, -0.2) is 44.2 Å². The van der Waals surface area contributed by atoms with Gasteiger partial charge in [-0.1, -0.05) is 6.07 Å². The van der Waals surface area contributed by atoms with E-state index < -0.39 is 23.4 Å². The zero-order valence-corrected chi connectivity index (χ0v) is 17.2. The molecule has 0 fully saturated rings. The monoisotopic (exact) mass is 441 g/mol. The van der Waals surface area contributed by atoms with Crippen molar-refractivity contribution < 1.29 is 33.5 Å². The Morgan fingerprint density at radius 1 is 1.16 bits per heavy atom. The summed E-state index contributed by atoms with van der Waals surface area (Å²) >= 11 is 0. The molecule has 32 heavy (non-hydrogen) atoms. The van der Waals surface area contributed by atoms with E-state index in [0.717, 1.165) is 12.1 Å². The van der Waals surface area contributed by atoms with Gasteiger partial charge in [-0.2, -0.15) is 5.26 Å². The first-order valence-electron chi connectivity index (χ1n) is 9.02. The Hall–Kier alpha value is -4.59. The first-order chi connectivity index (χ1) is 15.4. The maximum atomic E-state index is 12.0. The van der Waals surface area contributed by atoms with E-state index in [1.807, 2.05) is 6.07 Å². The highest BCUT2D eigenvalue weighted by Gasteiger charge is 2.17. The summed E-state index contributed by atoms with van der Waals surface area (Å²) in [6.45, 7) is -0.782. The predicted octanol–water partition coefficient (Wildman–Crippen LogP) is 2.71. The molecular formula is C21H19N3O8. The van der Waals surface area contributed by atoms with Gasteiger partial charge in [0.2, 0.25) is 0 Å². The number of rotatable bonds is 10. The molecule has 11 nitrogen and oxygen atoms in total. The molecule has 166 valence electrons. The Kier molecular flexibility index (Phi) is 8.56. The van der Waals surface area contributed by atoms with Crippen LogP contribution in [-0.2, 0) is 14.3 Å². The van der Waals surface area contributed by atoms with Gasteiger partial charge in [-0.3, -0.25) is 14.9 Å². The number of esters is 1. The van der Waals surface area contributed by atoms with Crippen LogP contribution in [0.15, 0.2) is 42.5 Å². The topological polar surface area (TPSA) is 150 Å². The van der Waals surface area contributed by atoms with E-state index in [9.17, 15) is 19.7 Å². The van der Waals surface area contributed by atoms with E-state index in [2.05, 4.69) is 5.32 Å². The second-order valence-corrected chi connectivity index (χ2v) is 5.99. The highest BCUT2D eigenvalue weighted by molar-refractivity contribution is 5.96. The van der Waals surface area contributed by atoms with Crippen LogP contribution in [0.25, 0.3) is 6.08 Å². The highest BCUT2D eigenvalue weighted by Crippen LogP contribution is 2.29. The molecule has 0 saturated heterocycles. The van der Waals surface area contributed by atoms with E-state index in [4.69, 9.17) is 24.2 Å². The van der Waals surface area contributed by atoms with E-state index >= 15 is 0 Å². The number of carbonyl (C=O) groups excluding carboxylic acids is 2. The molecule has 0 spiro atoms. The molecule has 0 aliphatic carbocycles. The zero-order valence-electron chi connectivity index (χ0n) is 17.2. The summed E-state index contributed by atoms with van der Waals surface area (Å²) in [5.41, 5.74) is 0.166. The second-order valence-electron chi connectivity index (χ2n) is 5.99. The number of ether oxygens (including phenoxy) is 4. The van der Waals surface area contributed by atoms with Crippen molar-refractivity contribution in [2.75, 3.05) is 32.8 Å². The lowest BCUT2D eigenvalue weighted by molar-refractivity contribution is -0.384. The summed E-state index contributed by atoms with van der Waals surface area (Å²) in [4.78, 5) is 34.4. The van der Waals surface area contributed by atoms with Crippen LogP contribution in [0.2, 0.25) is 0 Å². The van der Waals surface area contributed by atoms with Gasteiger partial charge in [0.1, 0.15) is 17.5 Å². The molecule has 0 aliphatic heterocycles. The van der Waals surface area contributed by atoms with Gasteiger partial charge in [-0.15, -0.1) is 0 Å². The fraction of sp³-hybridized carbons (Fsp3) is 0.190. The second kappa shape index (κ2) is 11.6. The Morgan fingerprint density at radius 2 is 1.94 bits per heavy atom. The van der Waals surface area contributed by atoms with E-state index in [-0.39, 0.29) is 23.7 Å². The molecule has 0 aromatic heterocycles. The lowest BCUT2D eigenvalue weighted by Crippen LogP contribution is -2.20. The van der Waals surface area contributed by atoms with Crippen molar-refractivity contribution in [1.82, 2.24) is 0 Å². The Labute approximate surface area is 182 Å². The molecule has 0 bridgehead atoms. The maximum absolute atomic E-state index is 12.0. The van der Waals surface area contributed by atoms with Crippen LogP contribution in [0.5, 0.6) is 17.2 Å². The molecule has 2 rings (SSSR count). The van der Waals surface area contributed by atoms with Crippen molar-refractivity contribution in [3.05, 3.63) is 58.2 Å². The Bertz CT molecular complexity index is 1080. The lowest BCUT2D eigenvalue weighted by Gasteiger charge is -2.09. The van der Waals surface area contributed by atoms with Crippen molar-refractivity contribution in [3.8, 4) is 23.3 Å². The van der Waals surface area contributed by atoms with Gasteiger partial charge < -0.3 is 24.3 Å². The van der Waals surface area contributed by atoms with Gasteiger partial charge in [0.25, 0.3) is 11.6 Å². The van der Waals surface area contributed by atoms with Gasteiger partial charge in [-0.25, -0.2) is 4.79 Å². The number of hydrogen-bond donors (Lipinski definition) is 1. The quantitative estimate of drug-likeness (QED) is 0.254. The number of amides is 1. The van der Waals surface area contributed by atoms with Crippen LogP contribution in [0.4, 0.5) is 11.4 Å². The highest BCUT2D eigenvalue weighted by atomic mass is 16.6. The molecule has 0 aliphatic rings. The van der Waals surface area contributed by atoms with Crippen LogP contribution >= 0.6 is 0 Å². The normalized spacial score (nSPS) is 10.2. The molecule has 0 atom stereocenters. The van der Waals surface area contributed by atoms with Gasteiger partial charge in [0, 0.05) is 6.08 Å². The lowest BCUT2D eigenvalue weighted by atomic mass is 10.2. The van der Waals surface area contributed by atoms with Crippen molar-refractivity contribution in [2.45, 2.75) is 0 Å². The van der Waals surface area contributed by atoms with E-state index in [1.165, 1.54) is 32.4 Å². The molecule has 2 aromatic carbocycles. The Balaban J connectivity index is 1.94. The van der Waals surface area contributed by atoms with Crippen molar-refractivity contribution in [3.63, 3.8) is 0 Å². The summed E-state index contributed by atoms with van der Waals surface area (Å²) in [6.07, 6.45) is 2.54. The van der Waals surface area contributed by atoms with Crippen molar-refractivity contribution >= 4 is 29.3 Å². The standard InChI is InChI=1S/C21H19N3O8/c1-29-15-5-6-16(17(12-15)24(27)28)23-20(25)13-32-21(26)8-4-14-3-7-18(31-10-9-22)19(11-14)30-2/h3-8,11-12H,10,13H2,1-2H3,(H,23,25)/b8-4+. The fourth-order valence-electron chi connectivity index (χ4n) is 2.45. The number of methoxy groups -OCH3 is 2. The van der Waals surface area contributed by atoms with E-state index in [0.29, 0.717) is 17.1 Å². The zero-order chi connectivity index (χ0) is 23.5. The van der Waals surface area contributed by atoms with Crippen molar-refractivity contribution in [1.29, 1.82) is 5.26 Å². The number of nitrogens with one attached hydrogen (secondary N) is 1. The Morgan fingerprint density at radius 3 is 2.59 bits per heavy atom. The first kappa shape index (κ1) is 23.7. The summed E-state index contributed by atoms with van der Waals surface area (Å²) in [5, 5.41) is 22.0. The molecule has 1 N–H and O–H groups in total. The molecular weight excluding hydrogens is 422 g/mol. The number of nitro benzene ring substituents is 1. The summed E-state index contributed by atoms with van der Waals surface area (Å²) < 4.78 is 20.2. The van der Waals surface area contributed by atoms with Gasteiger partial charge in [0.15, 0.2) is 24.7 Å². The molecule has 0 radical (unpaired) electrons. The van der Waals surface area contributed by atoms with Crippen LogP contribution < -0.4 is 19.5 Å². The SMILES string of the molecule is COc1ccc(NC(=O)COC(=O)/C=C/c2ccc(OCC#N)c(OC)c2)c([N+](=O)[O-])c1. The van der Waals surface area contributed by atoms with Crippen LogP contribution in [0, 0.1) is 21.4 Å². The number of hydrogen-bond acceptors (Lipinski definition) is 9. The number of anilines is 1. The van der Waals surface area contributed by atoms with Crippen molar-refractivity contribution in [2.24, 2.45) is 0 Å². The maximum Gasteiger partial charge on any atom is 0.331 e. The smallest absolute Gasteiger partial charge is 0.331 e. The first-order valence-corrected chi connectivity index (χ1v) is 9.02. The molecule has 1 amide bonds. The molecule has 11 heteroatoms. The van der Waals surface area contributed by atoms with Gasteiger partial charge in [0.05, 0.1) is 25.2 Å². The molecule has 2 aromatic rings. The van der Waals surface area contributed by atoms with Gasteiger partial charge in [-0.05, 0) is 35.9 Å². The minimum Gasteiger partial charge on any atom is -0.496 e. The third-order valence-electron chi connectivity index (χ3n) is 3.91. The average Bonchev–Trinajstić information content (AvgIpc) is 2.80. The third-order valence-corrected chi connectivity index (χ3v) is 3.91. The summed E-state index contributed by atoms with van der Waals surface area (Å²) in [7, 11) is 2.79. The summed E-state index contributed by atoms with van der Waals surface area (Å²) in [6, 6.07) is 10.6. The van der Waals surface area contributed by atoms with E-state index in [1.54, 1.807) is 18.2 Å². The minimum absolute atomic E-state index is 0.0572. The predicted molar refractivity (Wildman–Crippen MR) is 112 cm³/mol. The largest absolute Gasteiger partial charge is 0.496 e.